The second-order valence-electron chi connectivity index (χ2n) is 11.0. The smallest absolute Gasteiger partial charge is 0.123 e. The Morgan fingerprint density at radius 2 is 1.80 bits per heavy atom. The standard InChI is InChI=1S/C27H29FN4.C8H7N/c1-31(2)27(21-6-4-3-5-7-21)13-10-20(11-14-27)26-23(12-16-32-17-15-29-19-32)24-18-22(28)8-9-25(24)30-26;1-2-4-8-7(3-1)5-6-9-8/h3-10,15,17-19,30H,11-14,16H2,1-2H3;1-6,9H. The summed E-state index contributed by atoms with van der Waals surface area (Å²) in [5.41, 5.74) is 7.24. The van der Waals surface area contributed by atoms with Gasteiger partial charge in [0, 0.05) is 52.8 Å². The van der Waals surface area contributed by atoms with E-state index in [0.29, 0.717) is 0 Å². The molecule has 0 aliphatic heterocycles. The van der Waals surface area contributed by atoms with Crippen LogP contribution >= 0.6 is 0 Å². The van der Waals surface area contributed by atoms with Gasteiger partial charge in [0.15, 0.2) is 0 Å². The van der Waals surface area contributed by atoms with E-state index in [2.05, 4.69) is 93.1 Å². The molecule has 3 heterocycles. The SMILES string of the molecule is CN(C)C1(c2ccccc2)CC=C(c2[nH]c3ccc(F)cc3c2CCn2ccnc2)CC1.c1ccc2[nH]ccc2c1. The minimum atomic E-state index is -0.194. The summed E-state index contributed by atoms with van der Waals surface area (Å²) in [5, 5.41) is 2.26. The molecule has 1 atom stereocenters. The van der Waals surface area contributed by atoms with Gasteiger partial charge in [-0.2, -0.15) is 0 Å². The summed E-state index contributed by atoms with van der Waals surface area (Å²) in [6.07, 6.45) is 13.7. The summed E-state index contributed by atoms with van der Waals surface area (Å²) in [5.74, 6) is -0.194. The lowest BCUT2D eigenvalue weighted by Gasteiger charge is -2.43. The lowest BCUT2D eigenvalue weighted by atomic mass is 9.75. The molecule has 5 nitrogen and oxygen atoms in total. The first-order chi connectivity index (χ1) is 20.0. The predicted octanol–water partition coefficient (Wildman–Crippen LogP) is 7.94. The fourth-order valence-corrected chi connectivity index (χ4v) is 6.15. The Kier molecular flexibility index (Phi) is 7.57. The lowest BCUT2D eigenvalue weighted by molar-refractivity contribution is 0.138. The van der Waals surface area contributed by atoms with Crippen LogP contribution < -0.4 is 0 Å². The largest absolute Gasteiger partial charge is 0.361 e. The molecular formula is C35H36FN5. The number of hydrogen-bond acceptors (Lipinski definition) is 2. The van der Waals surface area contributed by atoms with Gasteiger partial charge >= 0.3 is 0 Å². The Labute approximate surface area is 240 Å². The number of allylic oxidation sites excluding steroid dienone is 1. The highest BCUT2D eigenvalue weighted by molar-refractivity contribution is 5.89. The van der Waals surface area contributed by atoms with Crippen molar-refractivity contribution >= 4 is 27.4 Å². The molecule has 1 aliphatic carbocycles. The number of rotatable bonds is 6. The Balaban J connectivity index is 0.000000283. The molecule has 6 heteroatoms. The van der Waals surface area contributed by atoms with E-state index >= 15 is 0 Å². The quantitative estimate of drug-likeness (QED) is 0.223. The van der Waals surface area contributed by atoms with Gasteiger partial charge in [0.1, 0.15) is 5.82 Å². The van der Waals surface area contributed by atoms with Crippen molar-refractivity contribution in [2.24, 2.45) is 0 Å². The molecule has 6 aromatic rings. The second kappa shape index (κ2) is 11.6. The molecule has 0 fully saturated rings. The summed E-state index contributed by atoms with van der Waals surface area (Å²) in [7, 11) is 4.35. The zero-order chi connectivity index (χ0) is 28.2. The maximum atomic E-state index is 14.1. The number of aryl methyl sites for hydroxylation is 2. The number of para-hydroxylation sites is 1. The second-order valence-corrected chi connectivity index (χ2v) is 11.0. The van der Waals surface area contributed by atoms with Crippen LogP contribution in [0.25, 0.3) is 27.4 Å². The van der Waals surface area contributed by atoms with E-state index in [1.807, 2.05) is 36.9 Å². The number of imidazole rings is 1. The molecule has 0 spiro atoms. The monoisotopic (exact) mass is 545 g/mol. The van der Waals surface area contributed by atoms with Crippen molar-refractivity contribution in [3.63, 3.8) is 0 Å². The summed E-state index contributed by atoms with van der Waals surface area (Å²) in [6.45, 7) is 0.815. The first kappa shape index (κ1) is 26.8. The van der Waals surface area contributed by atoms with Gasteiger partial charge in [-0.1, -0.05) is 54.6 Å². The van der Waals surface area contributed by atoms with Crippen LogP contribution in [0.5, 0.6) is 0 Å². The molecule has 0 radical (unpaired) electrons. The zero-order valence-electron chi connectivity index (χ0n) is 23.6. The third-order valence-electron chi connectivity index (χ3n) is 8.49. The van der Waals surface area contributed by atoms with Gasteiger partial charge in [-0.25, -0.2) is 9.37 Å². The molecule has 7 rings (SSSR count). The van der Waals surface area contributed by atoms with Crippen molar-refractivity contribution < 1.29 is 4.39 Å². The van der Waals surface area contributed by atoms with Gasteiger partial charge in [-0.15, -0.1) is 0 Å². The van der Waals surface area contributed by atoms with Crippen LogP contribution in [0.3, 0.4) is 0 Å². The van der Waals surface area contributed by atoms with Crippen LogP contribution in [0, 0.1) is 5.82 Å². The minimum Gasteiger partial charge on any atom is -0.361 e. The van der Waals surface area contributed by atoms with Crippen molar-refractivity contribution in [1.29, 1.82) is 0 Å². The predicted molar refractivity (Wildman–Crippen MR) is 166 cm³/mol. The Hall–Kier alpha value is -4.42. The number of benzene rings is 3. The van der Waals surface area contributed by atoms with E-state index in [0.717, 1.165) is 48.8 Å². The van der Waals surface area contributed by atoms with Gasteiger partial charge in [0.25, 0.3) is 0 Å². The van der Waals surface area contributed by atoms with E-state index in [-0.39, 0.29) is 11.4 Å². The molecule has 2 N–H and O–H groups in total. The van der Waals surface area contributed by atoms with Crippen LogP contribution in [0.2, 0.25) is 0 Å². The Bertz CT molecular complexity index is 1730. The first-order valence-corrected chi connectivity index (χ1v) is 14.2. The van der Waals surface area contributed by atoms with Crippen LogP contribution in [-0.2, 0) is 18.5 Å². The highest BCUT2D eigenvalue weighted by Gasteiger charge is 2.36. The average Bonchev–Trinajstić information content (AvgIpc) is 3.77. The molecule has 3 aromatic carbocycles. The molecule has 208 valence electrons. The van der Waals surface area contributed by atoms with E-state index < -0.39 is 0 Å². The Morgan fingerprint density at radius 1 is 0.976 bits per heavy atom. The normalized spacial score (nSPS) is 17.0. The maximum Gasteiger partial charge on any atom is 0.123 e. The van der Waals surface area contributed by atoms with E-state index in [1.54, 1.807) is 12.3 Å². The summed E-state index contributed by atoms with van der Waals surface area (Å²) in [4.78, 5) is 13.2. The van der Waals surface area contributed by atoms with Crippen molar-refractivity contribution in [3.8, 4) is 0 Å². The molecule has 3 aromatic heterocycles. The van der Waals surface area contributed by atoms with Gasteiger partial charge in [0.2, 0.25) is 0 Å². The van der Waals surface area contributed by atoms with Crippen molar-refractivity contribution in [2.45, 2.75) is 37.8 Å². The fraction of sp³-hybridized carbons (Fsp3) is 0.229. The number of H-pyrrole nitrogens is 2. The molecule has 0 saturated carbocycles. The number of aromatic nitrogens is 4. The molecule has 41 heavy (non-hydrogen) atoms. The highest BCUT2D eigenvalue weighted by atomic mass is 19.1. The average molecular weight is 546 g/mol. The van der Waals surface area contributed by atoms with Gasteiger partial charge in [-0.05, 0) is 92.2 Å². The van der Waals surface area contributed by atoms with Gasteiger partial charge in [0.05, 0.1) is 6.33 Å². The maximum absolute atomic E-state index is 14.1. The molecule has 0 bridgehead atoms. The topological polar surface area (TPSA) is 52.6 Å². The van der Waals surface area contributed by atoms with Crippen LogP contribution in [0.15, 0.2) is 110 Å². The number of nitrogens with one attached hydrogen (secondary N) is 2. The van der Waals surface area contributed by atoms with E-state index in [4.69, 9.17) is 0 Å². The zero-order valence-corrected chi connectivity index (χ0v) is 23.6. The van der Waals surface area contributed by atoms with E-state index in [9.17, 15) is 4.39 Å². The lowest BCUT2D eigenvalue weighted by Crippen LogP contribution is -2.42. The van der Waals surface area contributed by atoms with Crippen LogP contribution in [0.4, 0.5) is 4.39 Å². The number of fused-ring (bicyclic) bond motifs is 2. The van der Waals surface area contributed by atoms with Crippen LogP contribution in [-0.4, -0.2) is 38.5 Å². The summed E-state index contributed by atoms with van der Waals surface area (Å²) >= 11 is 0. The third kappa shape index (κ3) is 5.48. The number of nitrogens with zero attached hydrogens (tertiary/aromatic N) is 3. The summed E-state index contributed by atoms with van der Waals surface area (Å²) < 4.78 is 16.2. The van der Waals surface area contributed by atoms with Crippen LogP contribution in [0.1, 0.15) is 36.1 Å². The molecular weight excluding hydrogens is 509 g/mol. The molecule has 1 unspecified atom stereocenters. The van der Waals surface area contributed by atoms with Gasteiger partial charge in [-0.3, -0.25) is 4.90 Å². The summed E-state index contributed by atoms with van der Waals surface area (Å²) in [6, 6.07) is 26.1. The van der Waals surface area contributed by atoms with Crippen molar-refractivity contribution in [1.82, 2.24) is 24.4 Å². The van der Waals surface area contributed by atoms with Crippen molar-refractivity contribution in [3.05, 3.63) is 132 Å². The molecule has 1 aliphatic rings. The number of halogens is 1. The first-order valence-electron chi connectivity index (χ1n) is 14.2. The Morgan fingerprint density at radius 3 is 2.54 bits per heavy atom. The molecule has 0 amide bonds. The van der Waals surface area contributed by atoms with Crippen molar-refractivity contribution in [2.75, 3.05) is 14.1 Å². The number of aromatic amines is 2. The number of hydrogen-bond donors (Lipinski definition) is 2. The third-order valence-corrected chi connectivity index (χ3v) is 8.49. The fourth-order valence-electron chi connectivity index (χ4n) is 6.15. The molecule has 0 saturated heterocycles. The highest BCUT2D eigenvalue weighted by Crippen LogP contribution is 2.43. The van der Waals surface area contributed by atoms with E-state index in [1.165, 1.54) is 33.7 Å². The van der Waals surface area contributed by atoms with Gasteiger partial charge < -0.3 is 14.5 Å². The minimum absolute atomic E-state index is 0.000142.